The maximum atomic E-state index is 7.15. The zero-order chi connectivity index (χ0) is 18.0. The van der Waals surface area contributed by atoms with E-state index in [0.717, 1.165) is 11.3 Å². The van der Waals surface area contributed by atoms with E-state index in [1.165, 1.54) is 75.0 Å². The molecule has 0 saturated heterocycles. The second kappa shape index (κ2) is 8.62. The van der Waals surface area contributed by atoms with Gasteiger partial charge in [0.05, 0.1) is 0 Å². The predicted octanol–water partition coefficient (Wildman–Crippen LogP) is 6.95. The van der Waals surface area contributed by atoms with Gasteiger partial charge in [0.2, 0.25) is 0 Å². The summed E-state index contributed by atoms with van der Waals surface area (Å²) in [4.78, 5) is 0. The standard InChI is InChI=1S/C23H31ClP.Pd/c24-18-25(21-11-3-1-4-12-21,22-13-5-2-6-14-22)23-16-15-19-9-7-8-10-20(19)17-23;/h7-10,15-18,21-22,25H,1-6,11-14H2;. The molecule has 0 amide bonds. The Hall–Kier alpha value is 0.0823. The van der Waals surface area contributed by atoms with Crippen molar-refractivity contribution in [1.82, 2.24) is 0 Å². The van der Waals surface area contributed by atoms with Gasteiger partial charge in [0.15, 0.2) is 0 Å². The average molecular weight is 480 g/mol. The van der Waals surface area contributed by atoms with Crippen LogP contribution in [0.1, 0.15) is 64.2 Å². The molecule has 2 fully saturated rings. The molecule has 2 aromatic rings. The molecule has 3 heteroatoms. The van der Waals surface area contributed by atoms with Gasteiger partial charge in [0.25, 0.3) is 0 Å². The summed E-state index contributed by atoms with van der Waals surface area (Å²) in [5.74, 6) is 0. The van der Waals surface area contributed by atoms with E-state index in [0.29, 0.717) is 0 Å². The van der Waals surface area contributed by atoms with Crippen LogP contribution in [-0.4, -0.2) is 14.9 Å². The Balaban J connectivity index is 1.86. The molecule has 0 heterocycles. The van der Waals surface area contributed by atoms with E-state index in [2.05, 4.69) is 61.7 Å². The summed E-state index contributed by atoms with van der Waals surface area (Å²) in [6.45, 7) is 0. The summed E-state index contributed by atoms with van der Waals surface area (Å²) in [6.07, 6.45) is 14.0. The van der Waals surface area contributed by atoms with Crippen molar-refractivity contribution in [1.29, 1.82) is 0 Å². The summed E-state index contributed by atoms with van der Waals surface area (Å²) < 4.78 is 0.179. The molecule has 0 bridgehead atoms. The zero-order valence-corrected chi connectivity index (χ0v) is 18.8. The summed E-state index contributed by atoms with van der Waals surface area (Å²) >= 11 is 10.8. The number of benzene rings is 2. The Morgan fingerprint density at radius 2 is 1.31 bits per heavy atom. The van der Waals surface area contributed by atoms with Crippen LogP contribution in [0.4, 0.5) is 0 Å². The molecule has 26 heavy (non-hydrogen) atoms. The van der Waals surface area contributed by atoms with Crippen LogP contribution in [0.2, 0.25) is 0 Å². The van der Waals surface area contributed by atoms with E-state index in [1.807, 2.05) is 0 Å². The van der Waals surface area contributed by atoms with Gasteiger partial charge in [-0.25, -0.2) is 0 Å². The third-order valence-electron chi connectivity index (χ3n) is 7.14. The van der Waals surface area contributed by atoms with Crippen LogP contribution in [0.15, 0.2) is 42.5 Å². The van der Waals surface area contributed by atoms with Crippen LogP contribution in [0.5, 0.6) is 0 Å². The van der Waals surface area contributed by atoms with Gasteiger partial charge in [-0.15, -0.1) is 0 Å². The Kier molecular flexibility index (Phi) is 6.43. The molecule has 0 nitrogen and oxygen atoms in total. The number of fused-ring (bicyclic) bond motifs is 1. The SMILES string of the molecule is Cl[CH]([Pd])[PH](c1ccc2ccccc2c1)(C1CCCCC1)C1CCCCC1. The topological polar surface area (TPSA) is 0 Å². The van der Waals surface area contributed by atoms with Crippen molar-refractivity contribution in [2.75, 3.05) is 0 Å². The molecule has 2 aromatic carbocycles. The van der Waals surface area contributed by atoms with E-state index in [9.17, 15) is 0 Å². The van der Waals surface area contributed by atoms with Crippen LogP contribution in [0, 0.1) is 0 Å². The number of halogens is 1. The quantitative estimate of drug-likeness (QED) is 0.253. The van der Waals surface area contributed by atoms with E-state index in [4.69, 9.17) is 11.6 Å². The number of rotatable bonds is 4. The molecule has 1 atom stereocenters. The van der Waals surface area contributed by atoms with Crippen molar-refractivity contribution < 1.29 is 19.2 Å². The Labute approximate surface area is 175 Å². The van der Waals surface area contributed by atoms with E-state index < -0.39 is 7.26 Å². The van der Waals surface area contributed by atoms with Gasteiger partial charge >= 0.3 is 176 Å². The molecule has 0 aromatic heterocycles. The summed E-state index contributed by atoms with van der Waals surface area (Å²) in [5, 5.41) is 4.38. The fourth-order valence-electron chi connectivity index (χ4n) is 5.87. The summed E-state index contributed by atoms with van der Waals surface area (Å²) in [5.41, 5.74) is 1.69. The predicted molar refractivity (Wildman–Crippen MR) is 115 cm³/mol. The van der Waals surface area contributed by atoms with Crippen LogP contribution in [0.25, 0.3) is 10.8 Å². The first-order valence-electron chi connectivity index (χ1n) is 10.5. The Morgan fingerprint density at radius 3 is 1.85 bits per heavy atom. The molecule has 2 aliphatic carbocycles. The zero-order valence-electron chi connectivity index (χ0n) is 15.5. The first kappa shape index (κ1) is 19.4. The number of alkyl halides is 1. The van der Waals surface area contributed by atoms with Gasteiger partial charge in [0.1, 0.15) is 0 Å². The molecule has 0 aliphatic heterocycles. The normalized spacial score (nSPS) is 22.4. The number of hydrogen-bond acceptors (Lipinski definition) is 0. The van der Waals surface area contributed by atoms with E-state index in [1.54, 1.807) is 5.30 Å². The molecule has 4 rings (SSSR count). The van der Waals surface area contributed by atoms with Crippen molar-refractivity contribution >= 4 is 34.9 Å². The second-order valence-electron chi connectivity index (χ2n) is 8.43. The third-order valence-corrected chi connectivity index (χ3v) is 16.3. The molecular weight excluding hydrogens is 449 g/mol. The van der Waals surface area contributed by atoms with Gasteiger partial charge in [-0.3, -0.25) is 0 Å². The molecule has 145 valence electrons. The summed E-state index contributed by atoms with van der Waals surface area (Å²) in [7, 11) is -1.87. The van der Waals surface area contributed by atoms with Crippen molar-refractivity contribution in [3.05, 3.63) is 42.5 Å². The van der Waals surface area contributed by atoms with Crippen LogP contribution in [-0.2, 0) is 19.2 Å². The third kappa shape index (κ3) is 3.55. The molecule has 0 radical (unpaired) electrons. The Morgan fingerprint density at radius 1 is 0.769 bits per heavy atom. The van der Waals surface area contributed by atoms with Crippen molar-refractivity contribution in [2.45, 2.75) is 79.1 Å². The fourth-order valence-corrected chi connectivity index (χ4v) is 16.3. The first-order valence-corrected chi connectivity index (χ1v) is 14.0. The van der Waals surface area contributed by atoms with E-state index >= 15 is 0 Å². The summed E-state index contributed by atoms with van der Waals surface area (Å²) in [6, 6.07) is 16.2. The van der Waals surface area contributed by atoms with Gasteiger partial charge < -0.3 is 0 Å². The second-order valence-corrected chi connectivity index (χ2v) is 16.1. The van der Waals surface area contributed by atoms with E-state index in [-0.39, 0.29) is 3.59 Å². The van der Waals surface area contributed by atoms with Crippen LogP contribution >= 0.6 is 18.9 Å². The van der Waals surface area contributed by atoms with Gasteiger partial charge in [-0.1, -0.05) is 0 Å². The molecule has 2 saturated carbocycles. The fraction of sp³-hybridized carbons (Fsp3) is 0.565. The molecule has 1 unspecified atom stereocenters. The molecular formula is C23H31ClPPd. The average Bonchev–Trinajstić information content (AvgIpc) is 2.70. The molecule has 2 aliphatic rings. The number of hydrogen-bond donors (Lipinski definition) is 0. The van der Waals surface area contributed by atoms with Crippen LogP contribution in [0.3, 0.4) is 0 Å². The minimum atomic E-state index is -1.87. The van der Waals surface area contributed by atoms with Crippen molar-refractivity contribution in [3.8, 4) is 0 Å². The van der Waals surface area contributed by atoms with Gasteiger partial charge in [-0.2, -0.15) is 0 Å². The molecule has 0 spiro atoms. The van der Waals surface area contributed by atoms with Crippen LogP contribution < -0.4 is 5.30 Å². The Bertz CT molecular complexity index is 714. The van der Waals surface area contributed by atoms with Crippen molar-refractivity contribution in [2.24, 2.45) is 0 Å². The maximum absolute atomic E-state index is 7.15. The monoisotopic (exact) mass is 479 g/mol. The van der Waals surface area contributed by atoms with Crippen molar-refractivity contribution in [3.63, 3.8) is 0 Å². The first-order chi connectivity index (χ1) is 12.7. The van der Waals surface area contributed by atoms with Gasteiger partial charge in [0, 0.05) is 0 Å². The minimum absolute atomic E-state index is 0.179. The van der Waals surface area contributed by atoms with Gasteiger partial charge in [-0.05, 0) is 0 Å². The molecule has 0 N–H and O–H groups in total.